The Kier molecular flexibility index (Phi) is 3.27. The molecular formula is C12H15N3O3. The predicted octanol–water partition coefficient (Wildman–Crippen LogP) is 1.25. The molecule has 18 heavy (non-hydrogen) atoms. The number of aliphatic carboxylic acids is 1. The van der Waals surface area contributed by atoms with Crippen LogP contribution in [0.3, 0.4) is 0 Å². The molecule has 0 bridgehead atoms. The Bertz CT molecular complexity index is 531. The molecule has 0 spiro atoms. The second-order valence-corrected chi connectivity index (χ2v) is 4.48. The highest BCUT2D eigenvalue weighted by Crippen LogP contribution is 2.26. The number of aryl methyl sites for hydroxylation is 2. The van der Waals surface area contributed by atoms with E-state index in [0.29, 0.717) is 24.4 Å². The van der Waals surface area contributed by atoms with Crippen LogP contribution in [0.2, 0.25) is 0 Å². The Morgan fingerprint density at radius 2 is 2.28 bits per heavy atom. The van der Waals surface area contributed by atoms with Gasteiger partial charge >= 0.3 is 5.97 Å². The number of carbonyl (C=O) groups is 2. The Morgan fingerprint density at radius 3 is 2.83 bits per heavy atom. The number of carboxylic acid groups (broad SMARTS) is 1. The molecule has 1 aliphatic carbocycles. The van der Waals surface area contributed by atoms with Crippen LogP contribution in [0, 0.1) is 12.8 Å². The topological polar surface area (TPSA) is 84.5 Å². The van der Waals surface area contributed by atoms with Crippen LogP contribution in [-0.2, 0) is 16.6 Å². The van der Waals surface area contributed by atoms with E-state index in [4.69, 9.17) is 5.11 Å². The number of aromatic nitrogens is 2. The van der Waals surface area contributed by atoms with Crippen molar-refractivity contribution < 1.29 is 14.7 Å². The lowest BCUT2D eigenvalue weighted by Crippen LogP contribution is -2.26. The molecule has 0 radical (unpaired) electrons. The number of hydrogen-bond donors (Lipinski definition) is 1. The van der Waals surface area contributed by atoms with Gasteiger partial charge in [0, 0.05) is 18.8 Å². The third-order valence-corrected chi connectivity index (χ3v) is 3.09. The molecule has 1 aliphatic rings. The normalized spacial score (nSPS) is 21.4. The molecule has 6 heteroatoms. The van der Waals surface area contributed by atoms with Gasteiger partial charge in [-0.2, -0.15) is 5.10 Å². The van der Waals surface area contributed by atoms with Crippen molar-refractivity contribution in [3.05, 3.63) is 11.8 Å². The summed E-state index contributed by atoms with van der Waals surface area (Å²) in [6, 6.07) is 1.81. The second-order valence-electron chi connectivity index (χ2n) is 4.48. The molecule has 1 aromatic rings. The van der Waals surface area contributed by atoms with Crippen molar-refractivity contribution in [3.63, 3.8) is 0 Å². The fraction of sp³-hybridized carbons (Fsp3) is 0.500. The van der Waals surface area contributed by atoms with Crippen LogP contribution in [0.1, 0.15) is 25.0 Å². The number of nitrogens with zero attached hydrogens (tertiary/aromatic N) is 3. The van der Waals surface area contributed by atoms with Gasteiger partial charge in [0.25, 0.3) is 0 Å². The fourth-order valence-corrected chi connectivity index (χ4v) is 2.24. The minimum Gasteiger partial charge on any atom is -0.475 e. The summed E-state index contributed by atoms with van der Waals surface area (Å²) in [6.07, 6.45) is 2.05. The molecule has 0 saturated heterocycles. The number of aliphatic imine (C=N–C) groups is 1. The lowest BCUT2D eigenvalue weighted by Gasteiger charge is -2.06. The lowest BCUT2D eigenvalue weighted by atomic mass is 10.0. The summed E-state index contributed by atoms with van der Waals surface area (Å²) in [7, 11) is 1.77. The van der Waals surface area contributed by atoms with E-state index in [2.05, 4.69) is 10.1 Å². The van der Waals surface area contributed by atoms with Gasteiger partial charge in [-0.1, -0.05) is 0 Å². The summed E-state index contributed by atoms with van der Waals surface area (Å²) in [4.78, 5) is 26.7. The molecule has 0 aliphatic heterocycles. The van der Waals surface area contributed by atoms with E-state index < -0.39 is 17.7 Å². The van der Waals surface area contributed by atoms with Gasteiger partial charge in [0.2, 0.25) is 5.78 Å². The second kappa shape index (κ2) is 4.72. The van der Waals surface area contributed by atoms with E-state index in [-0.39, 0.29) is 0 Å². The quantitative estimate of drug-likeness (QED) is 0.817. The van der Waals surface area contributed by atoms with E-state index in [1.807, 2.05) is 13.0 Å². The number of carbonyl (C=O) groups excluding carboxylic acids is 1. The van der Waals surface area contributed by atoms with Gasteiger partial charge in [0.1, 0.15) is 5.82 Å². The van der Waals surface area contributed by atoms with Crippen LogP contribution in [-0.4, -0.2) is 32.4 Å². The third-order valence-electron chi connectivity index (χ3n) is 3.09. The minimum absolute atomic E-state index is 0.570. The zero-order valence-corrected chi connectivity index (χ0v) is 10.4. The van der Waals surface area contributed by atoms with Crippen molar-refractivity contribution in [2.24, 2.45) is 18.0 Å². The summed E-state index contributed by atoms with van der Waals surface area (Å²) >= 11 is 0. The van der Waals surface area contributed by atoms with E-state index in [1.165, 1.54) is 0 Å². The molecular weight excluding hydrogens is 234 g/mol. The lowest BCUT2D eigenvalue weighted by molar-refractivity contribution is -0.150. The molecule has 1 fully saturated rings. The Morgan fingerprint density at radius 1 is 1.56 bits per heavy atom. The van der Waals surface area contributed by atoms with E-state index in [0.717, 1.165) is 12.1 Å². The highest BCUT2D eigenvalue weighted by atomic mass is 16.4. The van der Waals surface area contributed by atoms with Gasteiger partial charge in [-0.25, -0.2) is 9.79 Å². The molecule has 96 valence electrons. The van der Waals surface area contributed by atoms with Gasteiger partial charge in [0.15, 0.2) is 0 Å². The first-order valence-electron chi connectivity index (χ1n) is 5.84. The summed E-state index contributed by atoms with van der Waals surface area (Å²) in [5.41, 5.74) is 1.50. The van der Waals surface area contributed by atoms with Gasteiger partial charge in [-0.15, -0.1) is 0 Å². The first-order chi connectivity index (χ1) is 8.49. The average molecular weight is 249 g/mol. The van der Waals surface area contributed by atoms with E-state index in [9.17, 15) is 9.59 Å². The Hall–Kier alpha value is -1.98. The molecule has 6 nitrogen and oxygen atoms in total. The summed E-state index contributed by atoms with van der Waals surface area (Å²) in [5.74, 6) is -2.05. The highest BCUT2D eigenvalue weighted by molar-refractivity contribution is 6.38. The van der Waals surface area contributed by atoms with Crippen LogP contribution in [0.5, 0.6) is 0 Å². The van der Waals surface area contributed by atoms with Crippen LogP contribution in [0.15, 0.2) is 11.1 Å². The molecule has 0 amide bonds. The van der Waals surface area contributed by atoms with Crippen molar-refractivity contribution in [2.45, 2.75) is 26.2 Å². The number of rotatable bonds is 3. The van der Waals surface area contributed by atoms with Crippen molar-refractivity contribution >= 4 is 23.3 Å². The van der Waals surface area contributed by atoms with E-state index in [1.54, 1.807) is 11.7 Å². The number of Topliss-reactive ketones (excluding diaryl/α,β-unsaturated/α-hetero) is 1. The van der Waals surface area contributed by atoms with Crippen molar-refractivity contribution in [3.8, 4) is 0 Å². The first-order valence-corrected chi connectivity index (χ1v) is 5.84. The molecule has 1 atom stereocenters. The van der Waals surface area contributed by atoms with Crippen LogP contribution in [0.25, 0.3) is 0 Å². The van der Waals surface area contributed by atoms with Crippen molar-refractivity contribution in [2.75, 3.05) is 0 Å². The largest absolute Gasteiger partial charge is 0.475 e. The molecule has 1 unspecified atom stereocenters. The predicted molar refractivity (Wildman–Crippen MR) is 65.0 cm³/mol. The molecule has 1 N–H and O–H groups in total. The molecule has 2 rings (SSSR count). The smallest absolute Gasteiger partial charge is 0.372 e. The third kappa shape index (κ3) is 2.32. The maximum Gasteiger partial charge on any atom is 0.372 e. The summed E-state index contributed by atoms with van der Waals surface area (Å²) < 4.78 is 1.63. The highest BCUT2D eigenvalue weighted by Gasteiger charge is 2.33. The average Bonchev–Trinajstić information content (AvgIpc) is 2.86. The van der Waals surface area contributed by atoms with Crippen molar-refractivity contribution in [1.29, 1.82) is 0 Å². The Balaban J connectivity index is 2.29. The monoisotopic (exact) mass is 249 g/mol. The number of hydrogen-bond acceptors (Lipinski definition) is 4. The fourth-order valence-electron chi connectivity index (χ4n) is 2.24. The Labute approximate surface area is 104 Å². The van der Waals surface area contributed by atoms with Gasteiger partial charge in [-0.3, -0.25) is 9.48 Å². The van der Waals surface area contributed by atoms with Gasteiger partial charge < -0.3 is 5.11 Å². The molecule has 1 aromatic heterocycles. The van der Waals surface area contributed by atoms with E-state index >= 15 is 0 Å². The van der Waals surface area contributed by atoms with Crippen LogP contribution >= 0.6 is 0 Å². The van der Waals surface area contributed by atoms with Crippen molar-refractivity contribution in [1.82, 2.24) is 9.78 Å². The SMILES string of the molecule is Cc1cc(N=C2CCCC2C(=O)C(=O)O)n(C)n1. The zero-order chi connectivity index (χ0) is 13.3. The molecule has 0 aromatic carbocycles. The standard InChI is InChI=1S/C12H15N3O3/c1-7-6-10(15(2)14-7)13-9-5-3-4-8(9)11(16)12(17)18/h6,8H,3-5H2,1-2H3,(H,17,18). The summed E-state index contributed by atoms with van der Waals surface area (Å²) in [5, 5.41) is 12.9. The summed E-state index contributed by atoms with van der Waals surface area (Å²) in [6.45, 7) is 1.86. The minimum atomic E-state index is -1.38. The maximum absolute atomic E-state index is 11.5. The van der Waals surface area contributed by atoms with Crippen LogP contribution < -0.4 is 0 Å². The number of ketones is 1. The van der Waals surface area contributed by atoms with Crippen LogP contribution in [0.4, 0.5) is 5.82 Å². The maximum atomic E-state index is 11.5. The first kappa shape index (κ1) is 12.5. The van der Waals surface area contributed by atoms with Gasteiger partial charge in [0.05, 0.1) is 11.6 Å². The van der Waals surface area contributed by atoms with Gasteiger partial charge in [-0.05, 0) is 26.2 Å². The number of carboxylic acids is 1. The zero-order valence-electron chi connectivity index (χ0n) is 10.4. The molecule has 1 heterocycles. The molecule has 1 saturated carbocycles.